The van der Waals surface area contributed by atoms with E-state index in [1.807, 2.05) is 0 Å². The lowest BCUT2D eigenvalue weighted by Gasteiger charge is -2.36. The molecule has 17 heavy (non-hydrogen) atoms. The second kappa shape index (κ2) is 7.34. The Bertz CT molecular complexity index is 210. The van der Waals surface area contributed by atoms with Gasteiger partial charge in [-0.3, -0.25) is 0 Å². The van der Waals surface area contributed by atoms with E-state index in [1.165, 1.54) is 19.3 Å². The third-order valence-electron chi connectivity index (χ3n) is 4.31. The second-order valence-corrected chi connectivity index (χ2v) is 5.66. The highest BCUT2D eigenvalue weighted by Crippen LogP contribution is 2.31. The summed E-state index contributed by atoms with van der Waals surface area (Å²) in [6.45, 7) is 6.19. The fraction of sp³-hybridized carbons (Fsp3) is 1.00. The van der Waals surface area contributed by atoms with Crippen molar-refractivity contribution in [1.82, 2.24) is 4.90 Å². The van der Waals surface area contributed by atoms with Crippen molar-refractivity contribution in [3.8, 4) is 0 Å². The predicted octanol–water partition coefficient (Wildman–Crippen LogP) is 2.14. The zero-order valence-electron chi connectivity index (χ0n) is 11.9. The lowest BCUT2D eigenvalue weighted by Crippen LogP contribution is -2.42. The Morgan fingerprint density at radius 2 is 2.12 bits per heavy atom. The quantitative estimate of drug-likeness (QED) is 0.776. The molecule has 1 aliphatic carbocycles. The number of hydrogen-bond donors (Lipinski definition) is 1. The molecule has 3 heteroatoms. The topological polar surface area (TPSA) is 32.7 Å². The molecule has 4 atom stereocenters. The molecule has 0 spiro atoms. The minimum atomic E-state index is -0.102. The summed E-state index contributed by atoms with van der Waals surface area (Å²) in [4.78, 5) is 2.31. The van der Waals surface area contributed by atoms with E-state index in [4.69, 9.17) is 4.74 Å². The van der Waals surface area contributed by atoms with E-state index in [9.17, 15) is 5.11 Å². The highest BCUT2D eigenvalue weighted by Gasteiger charge is 2.29. The minimum absolute atomic E-state index is 0.102. The summed E-state index contributed by atoms with van der Waals surface area (Å²) in [6.07, 6.45) is 4.51. The Morgan fingerprint density at radius 3 is 2.71 bits per heavy atom. The average molecular weight is 243 g/mol. The molecule has 0 bridgehead atoms. The molecule has 0 heterocycles. The van der Waals surface area contributed by atoms with Gasteiger partial charge in [-0.05, 0) is 45.1 Å². The Kier molecular flexibility index (Phi) is 6.45. The number of aliphatic hydroxyl groups excluding tert-OH is 1. The van der Waals surface area contributed by atoms with E-state index >= 15 is 0 Å². The molecule has 0 aromatic heterocycles. The van der Waals surface area contributed by atoms with Crippen LogP contribution in [-0.2, 0) is 4.74 Å². The third kappa shape index (κ3) is 4.57. The Balaban J connectivity index is 2.42. The predicted molar refractivity (Wildman–Crippen MR) is 71.1 cm³/mol. The highest BCUT2D eigenvalue weighted by molar-refractivity contribution is 4.82. The molecule has 0 aliphatic heterocycles. The molecule has 3 nitrogen and oxygen atoms in total. The molecule has 0 aromatic rings. The maximum atomic E-state index is 10.1. The van der Waals surface area contributed by atoms with Crippen molar-refractivity contribution in [3.05, 3.63) is 0 Å². The van der Waals surface area contributed by atoms with Gasteiger partial charge >= 0.3 is 0 Å². The number of rotatable bonds is 6. The molecule has 0 amide bonds. The summed E-state index contributed by atoms with van der Waals surface area (Å²) in [7, 11) is 3.87. The summed E-state index contributed by atoms with van der Waals surface area (Å²) in [5, 5.41) is 10.1. The van der Waals surface area contributed by atoms with Crippen LogP contribution >= 0.6 is 0 Å². The third-order valence-corrected chi connectivity index (χ3v) is 4.31. The molecule has 4 unspecified atom stereocenters. The van der Waals surface area contributed by atoms with E-state index in [0.29, 0.717) is 12.0 Å². The number of nitrogens with zero attached hydrogens (tertiary/aromatic N) is 1. The molecule has 0 aromatic carbocycles. The zero-order valence-corrected chi connectivity index (χ0v) is 11.9. The van der Waals surface area contributed by atoms with Crippen LogP contribution in [0.4, 0.5) is 0 Å². The first-order valence-corrected chi connectivity index (χ1v) is 6.95. The van der Waals surface area contributed by atoms with Crippen molar-refractivity contribution in [2.24, 2.45) is 11.8 Å². The van der Waals surface area contributed by atoms with Crippen LogP contribution in [0.3, 0.4) is 0 Å². The van der Waals surface area contributed by atoms with Crippen molar-refractivity contribution in [1.29, 1.82) is 0 Å². The molecular weight excluding hydrogens is 214 g/mol. The summed E-state index contributed by atoms with van der Waals surface area (Å²) in [5.41, 5.74) is 0. The van der Waals surface area contributed by atoms with Crippen molar-refractivity contribution >= 4 is 0 Å². The van der Waals surface area contributed by atoms with Crippen LogP contribution in [0.5, 0.6) is 0 Å². The number of hydrogen-bond acceptors (Lipinski definition) is 3. The fourth-order valence-corrected chi connectivity index (χ4v) is 2.83. The highest BCUT2D eigenvalue weighted by atomic mass is 16.5. The lowest BCUT2D eigenvalue weighted by molar-refractivity contribution is 0.0172. The first kappa shape index (κ1) is 14.9. The van der Waals surface area contributed by atoms with Crippen LogP contribution in [0.1, 0.15) is 39.5 Å². The second-order valence-electron chi connectivity index (χ2n) is 5.66. The zero-order chi connectivity index (χ0) is 12.8. The van der Waals surface area contributed by atoms with Crippen LogP contribution < -0.4 is 0 Å². The van der Waals surface area contributed by atoms with Gasteiger partial charge in [-0.2, -0.15) is 0 Å². The van der Waals surface area contributed by atoms with Crippen LogP contribution in [0, 0.1) is 11.8 Å². The minimum Gasteiger partial charge on any atom is -0.393 e. The van der Waals surface area contributed by atoms with Gasteiger partial charge in [-0.25, -0.2) is 0 Å². The summed E-state index contributed by atoms with van der Waals surface area (Å²) < 4.78 is 5.18. The standard InChI is InChI=1S/C14H29NO2/c1-5-12-6-7-14(16)13(8-12)9-15(3)11(2)10-17-4/h11-14,16H,5-10H2,1-4H3. The number of likely N-dealkylation sites (N-methyl/N-ethyl adjacent to an activating group) is 1. The lowest BCUT2D eigenvalue weighted by atomic mass is 9.78. The van der Waals surface area contributed by atoms with Gasteiger partial charge in [0.05, 0.1) is 12.7 Å². The van der Waals surface area contributed by atoms with Crippen LogP contribution in [0.25, 0.3) is 0 Å². The van der Waals surface area contributed by atoms with Gasteiger partial charge in [-0.1, -0.05) is 13.3 Å². The largest absolute Gasteiger partial charge is 0.393 e. The van der Waals surface area contributed by atoms with E-state index in [0.717, 1.165) is 25.5 Å². The Hall–Kier alpha value is -0.120. The van der Waals surface area contributed by atoms with Gasteiger partial charge in [0.15, 0.2) is 0 Å². The monoisotopic (exact) mass is 243 g/mol. The fourth-order valence-electron chi connectivity index (χ4n) is 2.83. The summed E-state index contributed by atoms with van der Waals surface area (Å²) in [6, 6.07) is 0.425. The molecule has 1 fully saturated rings. The molecule has 1 N–H and O–H groups in total. The van der Waals surface area contributed by atoms with Crippen LogP contribution in [-0.4, -0.2) is 49.5 Å². The van der Waals surface area contributed by atoms with Gasteiger partial charge in [0, 0.05) is 19.7 Å². The molecule has 1 saturated carbocycles. The first-order valence-electron chi connectivity index (χ1n) is 6.95. The summed E-state index contributed by atoms with van der Waals surface area (Å²) in [5.74, 6) is 1.26. The molecule has 0 saturated heterocycles. The SMILES string of the molecule is CCC1CCC(O)C(CN(C)C(C)COC)C1. The smallest absolute Gasteiger partial charge is 0.0615 e. The number of aliphatic hydroxyl groups is 1. The van der Waals surface area contributed by atoms with Crippen LogP contribution in [0.15, 0.2) is 0 Å². The van der Waals surface area contributed by atoms with E-state index in [-0.39, 0.29) is 6.10 Å². The number of methoxy groups -OCH3 is 1. The van der Waals surface area contributed by atoms with Crippen molar-refractivity contribution < 1.29 is 9.84 Å². The van der Waals surface area contributed by atoms with Crippen molar-refractivity contribution in [2.75, 3.05) is 27.3 Å². The van der Waals surface area contributed by atoms with E-state index in [2.05, 4.69) is 25.8 Å². The molecule has 102 valence electrons. The van der Waals surface area contributed by atoms with Gasteiger partial charge in [-0.15, -0.1) is 0 Å². The molecule has 1 rings (SSSR count). The van der Waals surface area contributed by atoms with Gasteiger partial charge in [0.2, 0.25) is 0 Å². The normalized spacial score (nSPS) is 31.8. The van der Waals surface area contributed by atoms with Gasteiger partial charge in [0.1, 0.15) is 0 Å². The van der Waals surface area contributed by atoms with E-state index < -0.39 is 0 Å². The van der Waals surface area contributed by atoms with Crippen molar-refractivity contribution in [3.63, 3.8) is 0 Å². The Labute approximate surface area is 106 Å². The molecule has 1 aliphatic rings. The Morgan fingerprint density at radius 1 is 1.41 bits per heavy atom. The molecule has 0 radical (unpaired) electrons. The average Bonchev–Trinajstić information content (AvgIpc) is 2.32. The maximum Gasteiger partial charge on any atom is 0.0615 e. The van der Waals surface area contributed by atoms with Gasteiger partial charge < -0.3 is 14.7 Å². The van der Waals surface area contributed by atoms with Crippen molar-refractivity contribution in [2.45, 2.75) is 51.7 Å². The van der Waals surface area contributed by atoms with Crippen LogP contribution in [0.2, 0.25) is 0 Å². The molecular formula is C14H29NO2. The summed E-state index contributed by atoms with van der Waals surface area (Å²) >= 11 is 0. The first-order chi connectivity index (χ1) is 8.08. The maximum absolute atomic E-state index is 10.1. The van der Waals surface area contributed by atoms with E-state index in [1.54, 1.807) is 7.11 Å². The number of ether oxygens (including phenoxy) is 1. The van der Waals surface area contributed by atoms with Gasteiger partial charge in [0.25, 0.3) is 0 Å².